The number of amides is 4. The van der Waals surface area contributed by atoms with Crippen LogP contribution in [0, 0.1) is 0 Å². The number of aromatic nitrogens is 2. The highest BCUT2D eigenvalue weighted by atomic mass is 19.3. The summed E-state index contributed by atoms with van der Waals surface area (Å²) in [5.41, 5.74) is -3.01. The second-order valence-corrected chi connectivity index (χ2v) is 7.95. The lowest BCUT2D eigenvalue weighted by atomic mass is 10.1. The first-order chi connectivity index (χ1) is 18.2. The van der Waals surface area contributed by atoms with Crippen molar-refractivity contribution >= 4 is 38.2 Å². The second-order valence-electron chi connectivity index (χ2n) is 7.95. The smallest absolute Gasteiger partial charge is 0.627 e. The monoisotopic (exact) mass is 553 g/mol. The van der Waals surface area contributed by atoms with Gasteiger partial charge in [-0.3, -0.25) is 33.3 Å². The van der Waals surface area contributed by atoms with Gasteiger partial charge in [0.05, 0.1) is 5.76 Å². The number of carbonyl (C=O) groups excluding carboxylic acids is 3. The molecule has 0 saturated carbocycles. The highest BCUT2D eigenvalue weighted by Crippen LogP contribution is 2.34. The Hall–Kier alpha value is -4.76. The van der Waals surface area contributed by atoms with Crippen LogP contribution in [-0.4, -0.2) is 65.5 Å². The Bertz CT molecular complexity index is 1480. The molecule has 1 fully saturated rings. The standard InChI is InChI=1S/C21H19B2F4N4O8/c1-28-16(32)14(17(33)29(2)20(28)35)12(37-22(24)25)10-8-6-5-7-9-11-13-15-18(34)30(3)21(36)31(4)19(15)39-23(26,27)38-13/h5-11H,1-4H3/q-1/b6-5+,9-7+,10-8+,13-11-. The number of hydrogen-bond donors (Lipinski definition) is 0. The van der Waals surface area contributed by atoms with E-state index >= 15 is 0 Å². The van der Waals surface area contributed by atoms with Crippen LogP contribution >= 0.6 is 0 Å². The number of allylic oxidation sites excluding steroid dienone is 7. The summed E-state index contributed by atoms with van der Waals surface area (Å²) in [6.45, 7) is 0. The molecule has 12 nitrogen and oxygen atoms in total. The second kappa shape index (κ2) is 10.9. The highest BCUT2D eigenvalue weighted by molar-refractivity contribution is 6.54. The average molecular weight is 553 g/mol. The molecule has 3 heterocycles. The van der Waals surface area contributed by atoms with Crippen LogP contribution in [0.15, 0.2) is 63.5 Å². The van der Waals surface area contributed by atoms with Crippen LogP contribution in [0.25, 0.3) is 5.76 Å². The Balaban J connectivity index is 1.88. The molecule has 3 rings (SSSR count). The molecule has 0 unspecified atom stereocenters. The third kappa shape index (κ3) is 5.73. The van der Waals surface area contributed by atoms with E-state index in [1.165, 1.54) is 24.3 Å². The number of hydrogen-bond acceptors (Lipinski definition) is 8. The minimum atomic E-state index is -4.88. The number of rotatable bonds is 6. The van der Waals surface area contributed by atoms with Gasteiger partial charge in [-0.15, -0.1) is 0 Å². The molecule has 0 radical (unpaired) electrons. The van der Waals surface area contributed by atoms with Gasteiger partial charge in [-0.25, -0.2) is 18.2 Å². The normalized spacial score (nSPS) is 18.3. The fraction of sp³-hybridized carbons (Fsp3) is 0.190. The van der Waals surface area contributed by atoms with Gasteiger partial charge in [-0.2, -0.15) is 0 Å². The van der Waals surface area contributed by atoms with E-state index in [0.717, 1.165) is 51.0 Å². The summed E-state index contributed by atoms with van der Waals surface area (Å²) in [5, 5.41) is 0. The highest BCUT2D eigenvalue weighted by Gasteiger charge is 2.42. The van der Waals surface area contributed by atoms with Gasteiger partial charge < -0.3 is 22.6 Å². The Morgan fingerprint density at radius 1 is 0.846 bits per heavy atom. The largest absolute Gasteiger partial charge is 0.796 e. The summed E-state index contributed by atoms with van der Waals surface area (Å²) >= 11 is 0. The number of barbiturate groups is 1. The van der Waals surface area contributed by atoms with Gasteiger partial charge in [0.15, 0.2) is 5.88 Å². The molecule has 39 heavy (non-hydrogen) atoms. The van der Waals surface area contributed by atoms with E-state index in [2.05, 4.69) is 14.0 Å². The lowest BCUT2D eigenvalue weighted by Crippen LogP contribution is -2.53. The van der Waals surface area contributed by atoms with E-state index in [0.29, 0.717) is 14.4 Å². The molecular formula is C21H19B2F4N4O8-. The van der Waals surface area contributed by atoms with Crippen molar-refractivity contribution in [1.29, 1.82) is 0 Å². The predicted octanol–water partition coefficient (Wildman–Crippen LogP) is 1.12. The molecule has 0 atom stereocenters. The predicted molar refractivity (Wildman–Crippen MR) is 129 cm³/mol. The zero-order valence-electron chi connectivity index (χ0n) is 20.8. The molecule has 18 heteroatoms. The summed E-state index contributed by atoms with van der Waals surface area (Å²) in [4.78, 5) is 62.2. The molecule has 0 spiro atoms. The lowest BCUT2D eigenvalue weighted by molar-refractivity contribution is -0.134. The van der Waals surface area contributed by atoms with Crippen molar-refractivity contribution in [3.8, 4) is 5.88 Å². The summed E-state index contributed by atoms with van der Waals surface area (Å²) in [6.07, 6.45) is 8.07. The molecule has 0 aromatic carbocycles. The molecule has 1 saturated heterocycles. The zero-order chi connectivity index (χ0) is 29.2. The van der Waals surface area contributed by atoms with E-state index in [1.807, 2.05) is 0 Å². The molecule has 1 aromatic rings. The van der Waals surface area contributed by atoms with Gasteiger partial charge in [0, 0.05) is 28.2 Å². The van der Waals surface area contributed by atoms with Crippen LogP contribution in [0.2, 0.25) is 0 Å². The maximum Gasteiger partial charge on any atom is 0.796 e. The van der Waals surface area contributed by atoms with Crippen molar-refractivity contribution < 1.29 is 45.6 Å². The van der Waals surface area contributed by atoms with Crippen molar-refractivity contribution in [1.82, 2.24) is 18.9 Å². The van der Waals surface area contributed by atoms with Gasteiger partial charge >= 0.3 is 26.3 Å². The lowest BCUT2D eigenvalue weighted by Gasteiger charge is -2.36. The SMILES string of the molecule is CN1C(=O)C(=C(/C=C/C=C/C=C/C=C2\O[B-](F)(F)Oc3c2c(=O)n(C)c(=O)n3C)OB(F)F)C(=O)N(C)C1=O. The van der Waals surface area contributed by atoms with Crippen molar-refractivity contribution in [3.63, 3.8) is 0 Å². The third-order valence-electron chi connectivity index (χ3n) is 5.38. The molecule has 2 aliphatic heterocycles. The van der Waals surface area contributed by atoms with Crippen molar-refractivity contribution in [3.05, 3.63) is 80.3 Å². The molecule has 0 bridgehead atoms. The topological polar surface area (TPSA) is 129 Å². The van der Waals surface area contributed by atoms with Crippen molar-refractivity contribution in [2.45, 2.75) is 0 Å². The fourth-order valence-electron chi connectivity index (χ4n) is 3.45. The summed E-state index contributed by atoms with van der Waals surface area (Å²) in [7, 11) is -3.87. The van der Waals surface area contributed by atoms with Gasteiger partial charge in [0.2, 0.25) is 0 Å². The first-order valence-electron chi connectivity index (χ1n) is 10.9. The van der Waals surface area contributed by atoms with Gasteiger partial charge in [-0.05, 0) is 12.2 Å². The molecule has 2 aliphatic rings. The minimum absolute atomic E-state index is 0.406. The number of halogens is 4. The third-order valence-corrected chi connectivity index (χ3v) is 5.38. The Kier molecular flexibility index (Phi) is 8.07. The van der Waals surface area contributed by atoms with Crippen LogP contribution in [0.1, 0.15) is 5.56 Å². The fourth-order valence-corrected chi connectivity index (χ4v) is 3.45. The zero-order valence-corrected chi connectivity index (χ0v) is 20.8. The van der Waals surface area contributed by atoms with E-state index < -0.39 is 72.2 Å². The van der Waals surface area contributed by atoms with Gasteiger partial charge in [0.25, 0.3) is 17.4 Å². The van der Waals surface area contributed by atoms with Crippen LogP contribution in [0.5, 0.6) is 5.88 Å². The Labute approximate surface area is 217 Å². The van der Waals surface area contributed by atoms with Gasteiger partial charge in [-0.1, -0.05) is 30.4 Å². The number of nitrogens with zero attached hydrogens (tertiary/aromatic N) is 4. The quantitative estimate of drug-likeness (QED) is 0.128. The van der Waals surface area contributed by atoms with Gasteiger partial charge in [0.1, 0.15) is 16.9 Å². The number of carbonyl (C=O) groups is 3. The average Bonchev–Trinajstić information content (AvgIpc) is 2.86. The first-order valence-corrected chi connectivity index (χ1v) is 10.9. The molecule has 206 valence electrons. The van der Waals surface area contributed by atoms with Crippen LogP contribution in [0.4, 0.5) is 22.1 Å². The number of imide groups is 2. The Morgan fingerprint density at radius 2 is 1.41 bits per heavy atom. The van der Waals surface area contributed by atoms with E-state index in [9.17, 15) is 41.2 Å². The summed E-state index contributed by atoms with van der Waals surface area (Å²) < 4.78 is 68.4. The van der Waals surface area contributed by atoms with E-state index in [-0.39, 0.29) is 0 Å². The van der Waals surface area contributed by atoms with E-state index in [4.69, 9.17) is 0 Å². The van der Waals surface area contributed by atoms with Crippen LogP contribution in [0.3, 0.4) is 0 Å². The Morgan fingerprint density at radius 3 is 2.00 bits per heavy atom. The molecule has 1 aromatic heterocycles. The molecule has 0 aliphatic carbocycles. The summed E-state index contributed by atoms with van der Waals surface area (Å²) in [5.74, 6) is -4.30. The van der Waals surface area contributed by atoms with Crippen molar-refractivity contribution in [2.24, 2.45) is 14.1 Å². The maximum atomic E-state index is 14.0. The number of urea groups is 1. The van der Waals surface area contributed by atoms with Crippen LogP contribution in [-0.2, 0) is 33.0 Å². The van der Waals surface area contributed by atoms with Crippen LogP contribution < -0.4 is 15.9 Å². The maximum absolute atomic E-state index is 14.0. The van der Waals surface area contributed by atoms with Crippen molar-refractivity contribution in [2.75, 3.05) is 14.1 Å². The molecule has 0 N–H and O–H groups in total. The summed E-state index contributed by atoms with van der Waals surface area (Å²) in [6, 6.07) is -0.955. The number of likely N-dealkylation sites (N-methyl/N-ethyl adjacent to an activating group) is 2. The first kappa shape index (κ1) is 28.8. The molecule has 4 amide bonds. The molecular weight excluding hydrogens is 534 g/mol. The van der Waals surface area contributed by atoms with E-state index in [1.54, 1.807) is 0 Å². The minimum Gasteiger partial charge on any atom is -0.627 e. The number of fused-ring (bicyclic) bond motifs is 1.